The molecule has 0 aliphatic carbocycles. The Labute approximate surface area is 57.9 Å². The van der Waals surface area contributed by atoms with Crippen molar-refractivity contribution in [1.82, 2.24) is 0 Å². The van der Waals surface area contributed by atoms with Crippen LogP contribution < -0.4 is 29.6 Å². The van der Waals surface area contributed by atoms with E-state index in [1.54, 1.807) is 0 Å². The molecule has 0 unspecified atom stereocenters. The van der Waals surface area contributed by atoms with E-state index in [2.05, 4.69) is 19.6 Å². The van der Waals surface area contributed by atoms with Gasteiger partial charge in [0.15, 0.2) is 0 Å². The van der Waals surface area contributed by atoms with Crippen molar-refractivity contribution in [2.24, 2.45) is 0 Å². The molecule has 0 aromatic carbocycles. The number of rotatable bonds is 0. The van der Waals surface area contributed by atoms with Crippen LogP contribution in [0.5, 0.6) is 0 Å². The zero-order valence-corrected chi connectivity index (χ0v) is 7.50. The standard InChI is InChI=1S/C3H9Si.Na/c1-4(2)3;/h1-3H3;/q-1;+1. The van der Waals surface area contributed by atoms with Gasteiger partial charge in [-0.15, -0.1) is 0 Å². The molecule has 0 aliphatic heterocycles. The molecule has 0 radical (unpaired) electrons. The summed E-state index contributed by atoms with van der Waals surface area (Å²) in [6.45, 7) is 6.81. The Bertz CT molecular complexity index is 11.6. The Kier molecular flexibility index (Phi) is 9.93. The van der Waals surface area contributed by atoms with E-state index in [-0.39, 0.29) is 38.4 Å². The van der Waals surface area contributed by atoms with E-state index >= 15 is 0 Å². The topological polar surface area (TPSA) is 0 Å². The van der Waals surface area contributed by atoms with Crippen LogP contribution in [0.2, 0.25) is 19.6 Å². The van der Waals surface area contributed by atoms with Crippen LogP contribution in [0, 0.1) is 0 Å². The number of hydrogen-bond acceptors (Lipinski definition) is 0. The minimum absolute atomic E-state index is 0. The van der Waals surface area contributed by atoms with Crippen molar-refractivity contribution in [3.8, 4) is 0 Å². The van der Waals surface area contributed by atoms with Gasteiger partial charge in [-0.25, -0.2) is 0 Å². The Morgan fingerprint density at radius 1 is 1.00 bits per heavy atom. The summed E-state index contributed by atoms with van der Waals surface area (Å²) in [5.41, 5.74) is 0. The molecule has 0 spiro atoms. The first kappa shape index (κ1) is 9.52. The van der Waals surface area contributed by atoms with Crippen molar-refractivity contribution in [3.63, 3.8) is 0 Å². The normalized spacial score (nSPS) is 7.20. The Morgan fingerprint density at radius 3 is 1.00 bits per heavy atom. The second-order valence-electron chi connectivity index (χ2n) is 1.50. The molecule has 0 N–H and O–H groups in total. The summed E-state index contributed by atoms with van der Waals surface area (Å²) in [5.74, 6) is 0. The summed E-state index contributed by atoms with van der Waals surface area (Å²) >= 11 is 0. The zero-order valence-electron chi connectivity index (χ0n) is 4.50. The summed E-state index contributed by atoms with van der Waals surface area (Å²) < 4.78 is 0. The largest absolute Gasteiger partial charge is 1.00 e. The monoisotopic (exact) mass is 96.0 g/mol. The maximum atomic E-state index is 2.27. The molecule has 0 aliphatic rings. The van der Waals surface area contributed by atoms with Gasteiger partial charge in [0.2, 0.25) is 0 Å². The third-order valence-corrected chi connectivity index (χ3v) is 0. The first-order chi connectivity index (χ1) is 1.73. The molecule has 0 atom stereocenters. The van der Waals surface area contributed by atoms with Crippen LogP contribution in [-0.2, 0) is 0 Å². The van der Waals surface area contributed by atoms with Gasteiger partial charge in [-0.2, -0.15) is 19.6 Å². The van der Waals surface area contributed by atoms with Crippen LogP contribution >= 0.6 is 0 Å². The van der Waals surface area contributed by atoms with Gasteiger partial charge in [-0.05, 0) is 0 Å². The van der Waals surface area contributed by atoms with Gasteiger partial charge >= 0.3 is 29.6 Å². The fraction of sp³-hybridized carbons (Fsp3) is 1.00. The van der Waals surface area contributed by atoms with E-state index < -0.39 is 0 Å². The summed E-state index contributed by atoms with van der Waals surface area (Å²) in [7, 11) is 0.120. The van der Waals surface area contributed by atoms with E-state index in [0.717, 1.165) is 0 Å². The molecule has 0 amide bonds. The van der Waals surface area contributed by atoms with Gasteiger partial charge in [0, 0.05) is 0 Å². The molecule has 26 valence electrons. The first-order valence-corrected chi connectivity index (χ1v) is 4.50. The van der Waals surface area contributed by atoms with E-state index in [1.165, 1.54) is 0 Å². The van der Waals surface area contributed by atoms with Crippen LogP contribution in [0.3, 0.4) is 0 Å². The quantitative estimate of drug-likeness (QED) is 0.318. The van der Waals surface area contributed by atoms with Crippen molar-refractivity contribution < 1.29 is 29.6 Å². The van der Waals surface area contributed by atoms with Crippen LogP contribution in [0.1, 0.15) is 0 Å². The molecular formula is C3H9NaSi. The molecule has 5 heavy (non-hydrogen) atoms. The second-order valence-corrected chi connectivity index (χ2v) is 4.50. The van der Waals surface area contributed by atoms with Crippen molar-refractivity contribution in [2.45, 2.75) is 19.6 Å². The van der Waals surface area contributed by atoms with E-state index in [4.69, 9.17) is 0 Å². The molecular weight excluding hydrogens is 87.1 g/mol. The summed E-state index contributed by atoms with van der Waals surface area (Å²) in [4.78, 5) is 0. The van der Waals surface area contributed by atoms with Crippen molar-refractivity contribution in [3.05, 3.63) is 0 Å². The van der Waals surface area contributed by atoms with Crippen molar-refractivity contribution in [1.29, 1.82) is 0 Å². The summed E-state index contributed by atoms with van der Waals surface area (Å²) in [6.07, 6.45) is 0. The number of hydrogen-bond donors (Lipinski definition) is 0. The second kappa shape index (κ2) is 5.22. The fourth-order valence-electron chi connectivity index (χ4n) is 0. The van der Waals surface area contributed by atoms with Crippen molar-refractivity contribution in [2.75, 3.05) is 0 Å². The zero-order chi connectivity index (χ0) is 3.58. The van der Waals surface area contributed by atoms with Gasteiger partial charge < -0.3 is 0 Å². The van der Waals surface area contributed by atoms with Gasteiger partial charge in [0.1, 0.15) is 0 Å². The molecule has 0 nitrogen and oxygen atoms in total. The van der Waals surface area contributed by atoms with E-state index in [9.17, 15) is 0 Å². The third-order valence-electron chi connectivity index (χ3n) is 0. The predicted molar refractivity (Wildman–Crippen MR) is 23.3 cm³/mol. The Hall–Kier alpha value is 1.22. The van der Waals surface area contributed by atoms with Crippen molar-refractivity contribution >= 4 is 8.80 Å². The smallest absolute Gasteiger partial charge is 0.271 e. The molecule has 0 aromatic rings. The molecule has 0 heterocycles. The Morgan fingerprint density at radius 2 is 1.00 bits per heavy atom. The van der Waals surface area contributed by atoms with E-state index in [0.29, 0.717) is 0 Å². The van der Waals surface area contributed by atoms with Crippen LogP contribution in [0.4, 0.5) is 0 Å². The maximum absolute atomic E-state index is 2.27. The van der Waals surface area contributed by atoms with E-state index in [1.807, 2.05) is 0 Å². The van der Waals surface area contributed by atoms with Gasteiger partial charge in [0.25, 0.3) is 0 Å². The van der Waals surface area contributed by atoms with Crippen LogP contribution in [0.25, 0.3) is 0 Å². The average Bonchev–Trinajstić information content (AvgIpc) is 0.811. The predicted octanol–water partition coefficient (Wildman–Crippen LogP) is -1.63. The molecule has 0 saturated heterocycles. The summed E-state index contributed by atoms with van der Waals surface area (Å²) in [5, 5.41) is 0. The molecule has 0 aromatic heterocycles. The minimum Gasteiger partial charge on any atom is -0.271 e. The molecule has 0 saturated carbocycles. The molecule has 0 rings (SSSR count). The van der Waals surface area contributed by atoms with Crippen LogP contribution in [0.15, 0.2) is 0 Å². The third kappa shape index (κ3) is 36.5. The van der Waals surface area contributed by atoms with Crippen LogP contribution in [-0.4, -0.2) is 8.80 Å². The Balaban J connectivity index is 0. The van der Waals surface area contributed by atoms with Gasteiger partial charge in [0.05, 0.1) is 0 Å². The molecule has 0 bridgehead atoms. The van der Waals surface area contributed by atoms with Gasteiger partial charge in [-0.3, -0.25) is 8.80 Å². The fourth-order valence-corrected chi connectivity index (χ4v) is 0. The first-order valence-electron chi connectivity index (χ1n) is 1.50. The average molecular weight is 96.2 g/mol. The molecule has 2 heteroatoms. The molecule has 0 fully saturated rings. The minimum atomic E-state index is 0. The van der Waals surface area contributed by atoms with Gasteiger partial charge in [-0.1, -0.05) is 0 Å². The SMILES string of the molecule is C[Si-](C)C.[Na+]. The maximum Gasteiger partial charge on any atom is 1.00 e. The summed E-state index contributed by atoms with van der Waals surface area (Å²) in [6, 6.07) is 0.